The highest BCUT2D eigenvalue weighted by Gasteiger charge is 2.32. The van der Waals surface area contributed by atoms with Crippen LogP contribution in [0.2, 0.25) is 5.15 Å². The molecule has 2 N–H and O–H groups in total. The average Bonchev–Trinajstić information content (AvgIpc) is 2.75. The molecule has 1 heterocycles. The van der Waals surface area contributed by atoms with Gasteiger partial charge in [-0.05, 0) is 11.1 Å². The molecule has 102 valence electrons. The molecule has 1 aromatic heterocycles. The van der Waals surface area contributed by atoms with Crippen molar-refractivity contribution in [1.82, 2.24) is 15.3 Å². The average molecular weight is 290 g/mol. The molecular formula is C14H12ClN3O2. The van der Waals surface area contributed by atoms with E-state index in [-0.39, 0.29) is 10.8 Å². The van der Waals surface area contributed by atoms with Gasteiger partial charge in [0, 0.05) is 6.42 Å². The zero-order valence-electron chi connectivity index (χ0n) is 10.5. The summed E-state index contributed by atoms with van der Waals surface area (Å²) in [5.41, 5.74) is 2.11. The van der Waals surface area contributed by atoms with Crippen LogP contribution in [0.25, 0.3) is 0 Å². The standard InChI is InChI=1S/C14H12ClN3O2/c15-12-7-16-6-10(17-12)14(20)18-13-9-4-2-1-3-8(9)5-11(13)19/h1-4,6-7,11,13,19H,5H2,(H,18,20)/t11-,13+/m1/s1. The van der Waals surface area contributed by atoms with E-state index in [9.17, 15) is 9.90 Å². The van der Waals surface area contributed by atoms with E-state index in [1.165, 1.54) is 12.4 Å². The van der Waals surface area contributed by atoms with Crippen molar-refractivity contribution in [3.63, 3.8) is 0 Å². The number of halogens is 1. The second kappa shape index (κ2) is 5.19. The van der Waals surface area contributed by atoms with Gasteiger partial charge in [-0.3, -0.25) is 9.78 Å². The van der Waals surface area contributed by atoms with Crippen LogP contribution in [0, 0.1) is 0 Å². The van der Waals surface area contributed by atoms with Crippen LogP contribution in [0.5, 0.6) is 0 Å². The number of aliphatic hydroxyl groups is 1. The Labute approximate surface area is 120 Å². The first-order chi connectivity index (χ1) is 9.65. The van der Waals surface area contributed by atoms with E-state index in [0.717, 1.165) is 11.1 Å². The first-order valence-electron chi connectivity index (χ1n) is 6.19. The van der Waals surface area contributed by atoms with E-state index in [2.05, 4.69) is 15.3 Å². The van der Waals surface area contributed by atoms with Crippen LogP contribution < -0.4 is 5.32 Å². The predicted molar refractivity (Wildman–Crippen MR) is 73.4 cm³/mol. The third-order valence-corrected chi connectivity index (χ3v) is 3.51. The minimum atomic E-state index is -0.636. The topological polar surface area (TPSA) is 75.1 Å². The summed E-state index contributed by atoms with van der Waals surface area (Å²) in [6.45, 7) is 0. The molecule has 1 amide bonds. The molecular weight excluding hydrogens is 278 g/mol. The molecule has 6 heteroatoms. The Kier molecular flexibility index (Phi) is 3.38. The van der Waals surface area contributed by atoms with E-state index >= 15 is 0 Å². The van der Waals surface area contributed by atoms with Crippen molar-refractivity contribution in [2.45, 2.75) is 18.6 Å². The van der Waals surface area contributed by atoms with Gasteiger partial charge in [-0.15, -0.1) is 0 Å². The van der Waals surface area contributed by atoms with Crippen molar-refractivity contribution in [3.8, 4) is 0 Å². The van der Waals surface area contributed by atoms with Gasteiger partial charge < -0.3 is 10.4 Å². The van der Waals surface area contributed by atoms with Gasteiger partial charge >= 0.3 is 0 Å². The molecule has 0 unspecified atom stereocenters. The van der Waals surface area contributed by atoms with Crippen molar-refractivity contribution in [2.75, 3.05) is 0 Å². The smallest absolute Gasteiger partial charge is 0.272 e. The van der Waals surface area contributed by atoms with E-state index in [1.807, 2.05) is 24.3 Å². The lowest BCUT2D eigenvalue weighted by Crippen LogP contribution is -2.34. The molecule has 0 fully saturated rings. The fourth-order valence-corrected chi connectivity index (χ4v) is 2.56. The van der Waals surface area contributed by atoms with Gasteiger partial charge in [0.25, 0.3) is 5.91 Å². The summed E-state index contributed by atoms with van der Waals surface area (Å²) >= 11 is 5.71. The Morgan fingerprint density at radius 1 is 1.35 bits per heavy atom. The van der Waals surface area contributed by atoms with Crippen LogP contribution in [0.3, 0.4) is 0 Å². The summed E-state index contributed by atoms with van der Waals surface area (Å²) < 4.78 is 0. The number of nitrogens with zero attached hydrogens (tertiary/aromatic N) is 2. The fraction of sp³-hybridized carbons (Fsp3) is 0.214. The third kappa shape index (κ3) is 2.37. The quantitative estimate of drug-likeness (QED) is 0.879. The first-order valence-corrected chi connectivity index (χ1v) is 6.57. The molecule has 1 aliphatic carbocycles. The molecule has 0 saturated heterocycles. The zero-order valence-corrected chi connectivity index (χ0v) is 11.2. The van der Waals surface area contributed by atoms with Crippen LogP contribution in [0.1, 0.15) is 27.7 Å². The van der Waals surface area contributed by atoms with E-state index in [0.29, 0.717) is 6.42 Å². The summed E-state index contributed by atoms with van der Waals surface area (Å²) in [5.74, 6) is -0.402. The Balaban J connectivity index is 1.83. The number of aliphatic hydroxyl groups excluding tert-OH is 1. The molecule has 0 bridgehead atoms. The summed E-state index contributed by atoms with van der Waals surface area (Å²) in [4.78, 5) is 19.9. The van der Waals surface area contributed by atoms with Crippen LogP contribution in [-0.2, 0) is 6.42 Å². The van der Waals surface area contributed by atoms with Gasteiger partial charge in [-0.25, -0.2) is 4.98 Å². The lowest BCUT2D eigenvalue weighted by Gasteiger charge is -2.17. The molecule has 2 aromatic rings. The van der Waals surface area contributed by atoms with Gasteiger partial charge in [0.05, 0.1) is 24.5 Å². The largest absolute Gasteiger partial charge is 0.390 e. The van der Waals surface area contributed by atoms with E-state index < -0.39 is 18.1 Å². The lowest BCUT2D eigenvalue weighted by atomic mass is 10.1. The summed E-state index contributed by atoms with van der Waals surface area (Å²) in [6, 6.07) is 7.22. The van der Waals surface area contributed by atoms with Crippen molar-refractivity contribution in [2.24, 2.45) is 0 Å². The molecule has 20 heavy (non-hydrogen) atoms. The number of hydrogen-bond acceptors (Lipinski definition) is 4. The van der Waals surface area contributed by atoms with Crippen molar-refractivity contribution in [1.29, 1.82) is 0 Å². The molecule has 5 nitrogen and oxygen atoms in total. The number of aromatic nitrogens is 2. The number of carbonyl (C=O) groups excluding carboxylic acids is 1. The van der Waals surface area contributed by atoms with Gasteiger partial charge in [-0.1, -0.05) is 35.9 Å². The third-order valence-electron chi connectivity index (χ3n) is 3.33. The molecule has 1 aliphatic rings. The van der Waals surface area contributed by atoms with Crippen molar-refractivity contribution < 1.29 is 9.90 Å². The van der Waals surface area contributed by atoms with Gasteiger partial charge in [0.2, 0.25) is 0 Å². The molecule has 0 radical (unpaired) electrons. The monoisotopic (exact) mass is 289 g/mol. The summed E-state index contributed by atoms with van der Waals surface area (Å²) in [5, 5.41) is 13.0. The zero-order chi connectivity index (χ0) is 14.1. The highest BCUT2D eigenvalue weighted by Crippen LogP contribution is 2.31. The first kappa shape index (κ1) is 13.0. The molecule has 0 aliphatic heterocycles. The Morgan fingerprint density at radius 2 is 2.15 bits per heavy atom. The molecule has 2 atom stereocenters. The Morgan fingerprint density at radius 3 is 2.95 bits per heavy atom. The second-order valence-electron chi connectivity index (χ2n) is 4.65. The van der Waals surface area contributed by atoms with Crippen LogP contribution in [0.4, 0.5) is 0 Å². The summed E-state index contributed by atoms with van der Waals surface area (Å²) in [6.07, 6.45) is 2.60. The molecule has 0 saturated carbocycles. The highest BCUT2D eigenvalue weighted by atomic mass is 35.5. The molecule has 0 spiro atoms. The number of amides is 1. The predicted octanol–water partition coefficient (Wildman–Crippen LogP) is 1.52. The fourth-order valence-electron chi connectivity index (χ4n) is 2.41. The highest BCUT2D eigenvalue weighted by molar-refractivity contribution is 6.29. The second-order valence-corrected chi connectivity index (χ2v) is 5.04. The van der Waals surface area contributed by atoms with Gasteiger partial charge in [0.1, 0.15) is 10.8 Å². The van der Waals surface area contributed by atoms with Crippen LogP contribution in [0.15, 0.2) is 36.7 Å². The van der Waals surface area contributed by atoms with Crippen LogP contribution in [-0.4, -0.2) is 27.1 Å². The van der Waals surface area contributed by atoms with Gasteiger partial charge in [0.15, 0.2) is 0 Å². The van der Waals surface area contributed by atoms with Crippen molar-refractivity contribution in [3.05, 3.63) is 58.6 Å². The normalized spacial score (nSPS) is 20.5. The molecule has 3 rings (SSSR count). The van der Waals surface area contributed by atoms with Crippen molar-refractivity contribution >= 4 is 17.5 Å². The number of rotatable bonds is 2. The Hall–Kier alpha value is -1.98. The summed E-state index contributed by atoms with van der Waals surface area (Å²) in [7, 11) is 0. The number of carbonyl (C=O) groups is 1. The maximum absolute atomic E-state index is 12.1. The number of benzene rings is 1. The van der Waals surface area contributed by atoms with Gasteiger partial charge in [-0.2, -0.15) is 0 Å². The van der Waals surface area contributed by atoms with E-state index in [4.69, 9.17) is 11.6 Å². The SMILES string of the molecule is O=C(N[C@H]1c2ccccc2C[C@H]1O)c1cncc(Cl)n1. The lowest BCUT2D eigenvalue weighted by molar-refractivity contribution is 0.0853. The number of nitrogens with one attached hydrogen (secondary N) is 1. The maximum atomic E-state index is 12.1. The minimum absolute atomic E-state index is 0.133. The van der Waals surface area contributed by atoms with E-state index in [1.54, 1.807) is 0 Å². The Bertz CT molecular complexity index is 662. The number of hydrogen-bond donors (Lipinski definition) is 2. The number of fused-ring (bicyclic) bond motifs is 1. The molecule has 1 aromatic carbocycles. The maximum Gasteiger partial charge on any atom is 0.272 e. The van der Waals surface area contributed by atoms with Crippen LogP contribution >= 0.6 is 11.6 Å². The minimum Gasteiger partial charge on any atom is -0.390 e.